The lowest BCUT2D eigenvalue weighted by Gasteiger charge is -2.29. The van der Waals surface area contributed by atoms with Gasteiger partial charge in [0.2, 0.25) is 0 Å². The minimum Gasteiger partial charge on any atom is -0.429 e. The van der Waals surface area contributed by atoms with Crippen LogP contribution in [0.1, 0.15) is 118 Å². The van der Waals surface area contributed by atoms with E-state index in [1.54, 1.807) is 27.7 Å². The molecule has 39 heavy (non-hydrogen) atoms. The number of ether oxygens (including phenoxy) is 2. The average molecular weight is 557 g/mol. The highest BCUT2D eigenvalue weighted by atomic mass is 17.2. The van der Waals surface area contributed by atoms with E-state index in [4.69, 9.17) is 14.4 Å². The van der Waals surface area contributed by atoms with Crippen molar-refractivity contribution in [2.75, 3.05) is 0 Å². The van der Waals surface area contributed by atoms with Gasteiger partial charge in [-0.2, -0.15) is 9.59 Å². The van der Waals surface area contributed by atoms with Crippen LogP contribution in [-0.2, 0) is 38.6 Å². The first kappa shape index (κ1) is 34.2. The zero-order valence-electron chi connectivity index (χ0n) is 24.3. The predicted molar refractivity (Wildman–Crippen MR) is 143 cm³/mol. The first-order chi connectivity index (χ1) is 18.6. The molecule has 1 aliphatic rings. The molecule has 10 nitrogen and oxygen atoms in total. The van der Waals surface area contributed by atoms with E-state index in [-0.39, 0.29) is 36.4 Å². The van der Waals surface area contributed by atoms with E-state index in [2.05, 4.69) is 33.7 Å². The summed E-state index contributed by atoms with van der Waals surface area (Å²) in [6.45, 7) is 8.85. The van der Waals surface area contributed by atoms with Crippen molar-refractivity contribution in [2.24, 2.45) is 17.8 Å². The molecule has 0 saturated heterocycles. The topological polar surface area (TPSA) is 124 Å². The molecule has 0 aliphatic heterocycles. The third kappa shape index (κ3) is 16.7. The molecule has 0 radical (unpaired) electrons. The van der Waals surface area contributed by atoms with Crippen LogP contribution >= 0.6 is 0 Å². The van der Waals surface area contributed by atoms with E-state index in [0.29, 0.717) is 12.8 Å². The maximum atomic E-state index is 12.8. The zero-order chi connectivity index (χ0) is 29.0. The number of rotatable bonds is 16. The lowest BCUT2D eigenvalue weighted by atomic mass is 9.75. The van der Waals surface area contributed by atoms with Crippen molar-refractivity contribution in [3.63, 3.8) is 0 Å². The summed E-state index contributed by atoms with van der Waals surface area (Å²) in [5, 5.41) is 0. The Bertz CT molecular complexity index is 761. The Morgan fingerprint density at radius 1 is 0.692 bits per heavy atom. The largest absolute Gasteiger partial charge is 0.550 e. The highest BCUT2D eigenvalue weighted by molar-refractivity contribution is 5.74. The molecule has 0 heterocycles. The Hall–Kier alpha value is -2.78. The average Bonchev–Trinajstić information content (AvgIpc) is 2.87. The van der Waals surface area contributed by atoms with Crippen molar-refractivity contribution in [3.8, 4) is 0 Å². The Kier molecular flexibility index (Phi) is 17.7. The minimum absolute atomic E-state index is 0.0722. The molecule has 0 aromatic carbocycles. The second kappa shape index (κ2) is 20.2. The van der Waals surface area contributed by atoms with Crippen molar-refractivity contribution in [1.29, 1.82) is 0 Å². The summed E-state index contributed by atoms with van der Waals surface area (Å²) in [6.07, 6.45) is 13.2. The fourth-order valence-electron chi connectivity index (χ4n) is 4.49. The molecule has 1 rings (SSSR count). The minimum atomic E-state index is -1.03. The normalized spacial score (nSPS) is 18.5. The van der Waals surface area contributed by atoms with Gasteiger partial charge in [-0.15, -0.1) is 0 Å². The molecule has 0 aromatic heterocycles. The Morgan fingerprint density at radius 3 is 1.87 bits per heavy atom. The number of carbonyl (C=O) groups is 4. The van der Waals surface area contributed by atoms with Crippen molar-refractivity contribution in [3.05, 3.63) is 12.2 Å². The van der Waals surface area contributed by atoms with Crippen LogP contribution in [0.4, 0.5) is 9.59 Å². The van der Waals surface area contributed by atoms with E-state index in [9.17, 15) is 19.2 Å². The lowest BCUT2D eigenvalue weighted by Crippen LogP contribution is -2.30. The molecule has 0 saturated carbocycles. The summed E-state index contributed by atoms with van der Waals surface area (Å²) < 4.78 is 9.57. The van der Waals surface area contributed by atoms with Crippen molar-refractivity contribution in [1.82, 2.24) is 0 Å². The van der Waals surface area contributed by atoms with Gasteiger partial charge in [-0.25, -0.2) is 29.1 Å². The SMILES string of the molecule is CCCCCC1C=CC(CCCCCCCCC(=O)OOC(=O)OC(C)C)CC1C(=O)OOC(=O)OC(C)C. The number of unbranched alkanes of at least 4 members (excludes halogenated alkanes) is 7. The summed E-state index contributed by atoms with van der Waals surface area (Å²) in [5.74, 6) is -1.12. The van der Waals surface area contributed by atoms with Crippen LogP contribution in [0.3, 0.4) is 0 Å². The first-order valence-electron chi connectivity index (χ1n) is 14.5. The van der Waals surface area contributed by atoms with Gasteiger partial charge in [-0.1, -0.05) is 70.4 Å². The standard InChI is InChI=1S/C29H48O10/c1-6-7-12-16-24-19-18-23(20-25(24)27(31)37-39-29(33)35-22(4)5)15-13-10-8-9-11-14-17-26(30)36-38-28(32)34-21(2)3/h18-19,21-25H,6-17,20H2,1-5H3. The van der Waals surface area contributed by atoms with Gasteiger partial charge >= 0.3 is 24.2 Å². The fraction of sp³-hybridized carbons (Fsp3) is 0.793. The van der Waals surface area contributed by atoms with Gasteiger partial charge in [0, 0.05) is 0 Å². The third-order valence-electron chi connectivity index (χ3n) is 6.41. The molecule has 224 valence electrons. The molecule has 0 spiro atoms. The van der Waals surface area contributed by atoms with Crippen LogP contribution in [0.2, 0.25) is 0 Å². The molecule has 0 bridgehead atoms. The number of hydrogen-bond donors (Lipinski definition) is 0. The van der Waals surface area contributed by atoms with E-state index < -0.39 is 24.2 Å². The Labute approximate surface area is 232 Å². The Morgan fingerprint density at radius 2 is 1.26 bits per heavy atom. The van der Waals surface area contributed by atoms with Gasteiger partial charge in [-0.3, -0.25) is 0 Å². The van der Waals surface area contributed by atoms with Crippen molar-refractivity contribution < 1.29 is 48.2 Å². The van der Waals surface area contributed by atoms with E-state index in [1.165, 1.54) is 0 Å². The molecule has 0 aromatic rings. The Balaban J connectivity index is 2.31. The van der Waals surface area contributed by atoms with Gasteiger partial charge in [0.25, 0.3) is 0 Å². The first-order valence-corrected chi connectivity index (χ1v) is 14.5. The molecule has 0 amide bonds. The number of carbonyl (C=O) groups excluding carboxylic acids is 4. The second-order valence-electron chi connectivity index (χ2n) is 10.7. The summed E-state index contributed by atoms with van der Waals surface area (Å²) >= 11 is 0. The van der Waals surface area contributed by atoms with Crippen LogP contribution < -0.4 is 0 Å². The van der Waals surface area contributed by atoms with Crippen LogP contribution in [0.15, 0.2) is 12.2 Å². The molecular formula is C29H48O10. The van der Waals surface area contributed by atoms with Crippen LogP contribution in [-0.4, -0.2) is 36.5 Å². The second-order valence-corrected chi connectivity index (χ2v) is 10.7. The van der Waals surface area contributed by atoms with E-state index in [1.807, 2.05) is 0 Å². The maximum Gasteiger partial charge on any atom is 0.550 e. The predicted octanol–water partition coefficient (Wildman–Crippen LogP) is 7.54. The monoisotopic (exact) mass is 556 g/mol. The molecule has 0 N–H and O–H groups in total. The van der Waals surface area contributed by atoms with E-state index >= 15 is 0 Å². The maximum absolute atomic E-state index is 12.8. The molecule has 0 fully saturated rings. The highest BCUT2D eigenvalue weighted by Gasteiger charge is 2.34. The fourth-order valence-corrected chi connectivity index (χ4v) is 4.49. The van der Waals surface area contributed by atoms with Gasteiger partial charge in [0.15, 0.2) is 0 Å². The molecule has 3 atom stereocenters. The van der Waals surface area contributed by atoms with Crippen LogP contribution in [0, 0.1) is 17.8 Å². The smallest absolute Gasteiger partial charge is 0.429 e. The quantitative estimate of drug-likeness (QED) is 0.0619. The van der Waals surface area contributed by atoms with E-state index in [0.717, 1.165) is 64.2 Å². The third-order valence-corrected chi connectivity index (χ3v) is 6.41. The van der Waals surface area contributed by atoms with Crippen molar-refractivity contribution in [2.45, 2.75) is 130 Å². The van der Waals surface area contributed by atoms with Gasteiger partial charge in [0.05, 0.1) is 24.5 Å². The van der Waals surface area contributed by atoms with Crippen molar-refractivity contribution >= 4 is 24.2 Å². The molecular weight excluding hydrogens is 508 g/mol. The zero-order valence-corrected chi connectivity index (χ0v) is 24.3. The van der Waals surface area contributed by atoms with Crippen LogP contribution in [0.25, 0.3) is 0 Å². The highest BCUT2D eigenvalue weighted by Crippen LogP contribution is 2.35. The number of hydrogen-bond acceptors (Lipinski definition) is 10. The summed E-state index contributed by atoms with van der Waals surface area (Å²) in [5.41, 5.74) is 0. The molecule has 3 unspecified atom stereocenters. The van der Waals surface area contributed by atoms with Gasteiger partial charge < -0.3 is 9.47 Å². The number of allylic oxidation sites excluding steroid dienone is 2. The summed E-state index contributed by atoms with van der Waals surface area (Å²) in [4.78, 5) is 65.3. The van der Waals surface area contributed by atoms with Gasteiger partial charge in [0.1, 0.15) is 0 Å². The van der Waals surface area contributed by atoms with Gasteiger partial charge in [-0.05, 0) is 65.2 Å². The summed E-state index contributed by atoms with van der Waals surface area (Å²) in [6, 6.07) is 0. The molecule has 1 aliphatic carbocycles. The van der Waals surface area contributed by atoms with Crippen LogP contribution in [0.5, 0.6) is 0 Å². The molecule has 10 heteroatoms. The summed E-state index contributed by atoms with van der Waals surface area (Å²) in [7, 11) is 0. The lowest BCUT2D eigenvalue weighted by molar-refractivity contribution is -0.251.